The van der Waals surface area contributed by atoms with Gasteiger partial charge >= 0.3 is 0 Å². The van der Waals surface area contributed by atoms with Gasteiger partial charge < -0.3 is 10.6 Å². The second-order valence-electron chi connectivity index (χ2n) is 3.81. The molecule has 1 aromatic carbocycles. The zero-order chi connectivity index (χ0) is 10.7. The Morgan fingerprint density at radius 2 is 2.19 bits per heavy atom. The monoisotopic (exact) mass is 280 g/mol. The molecule has 16 heavy (non-hydrogen) atoms. The number of halogens is 3. The summed E-state index contributed by atoms with van der Waals surface area (Å²) >= 11 is 12.0. The molecule has 1 heterocycles. The summed E-state index contributed by atoms with van der Waals surface area (Å²) in [6.45, 7) is 2.92. The maximum Gasteiger partial charge on any atom is 0.0451 e. The van der Waals surface area contributed by atoms with E-state index in [4.69, 9.17) is 23.2 Å². The molecule has 90 valence electrons. The Morgan fingerprint density at radius 3 is 2.88 bits per heavy atom. The molecule has 0 aromatic heterocycles. The largest absolute Gasteiger partial charge is 0.315 e. The third-order valence-corrected chi connectivity index (χ3v) is 3.25. The van der Waals surface area contributed by atoms with Gasteiger partial charge in [0, 0.05) is 29.2 Å². The minimum absolute atomic E-state index is 0. The van der Waals surface area contributed by atoms with Gasteiger partial charge in [0.25, 0.3) is 0 Å². The summed E-state index contributed by atoms with van der Waals surface area (Å²) in [5, 5.41) is 8.29. The third kappa shape index (κ3) is 3.79. The lowest BCUT2D eigenvalue weighted by molar-refractivity contribution is 0.547. The topological polar surface area (TPSA) is 24.1 Å². The highest BCUT2D eigenvalue weighted by molar-refractivity contribution is 6.33. The molecule has 0 amide bonds. The standard InChI is InChI=1S/C11H14Cl2N2.ClH/c12-9-1-2-11(13)8(5-9)6-15-10-3-4-14-7-10;/h1-2,5,10,14-15H,3-4,6-7H2;1H/t10-;/m0./s1. The van der Waals surface area contributed by atoms with E-state index in [1.807, 2.05) is 18.2 Å². The molecular weight excluding hydrogens is 266 g/mol. The minimum atomic E-state index is 0. The van der Waals surface area contributed by atoms with Gasteiger partial charge in [0.1, 0.15) is 0 Å². The van der Waals surface area contributed by atoms with Crippen molar-refractivity contribution in [2.45, 2.75) is 19.0 Å². The Kier molecular flexibility index (Phi) is 5.87. The predicted molar refractivity (Wildman–Crippen MR) is 71.8 cm³/mol. The van der Waals surface area contributed by atoms with Crippen LogP contribution in [0.2, 0.25) is 10.0 Å². The van der Waals surface area contributed by atoms with Gasteiger partial charge in [0.2, 0.25) is 0 Å². The minimum Gasteiger partial charge on any atom is -0.315 e. The Hall–Kier alpha value is 0.01000. The second-order valence-corrected chi connectivity index (χ2v) is 4.65. The molecule has 2 rings (SSSR count). The van der Waals surface area contributed by atoms with Crippen LogP contribution < -0.4 is 10.6 Å². The number of rotatable bonds is 3. The molecule has 0 radical (unpaired) electrons. The first kappa shape index (κ1) is 14.1. The maximum absolute atomic E-state index is 6.07. The fourth-order valence-electron chi connectivity index (χ4n) is 1.76. The molecular formula is C11H15Cl3N2. The number of hydrogen-bond acceptors (Lipinski definition) is 2. The van der Waals surface area contributed by atoms with E-state index in [1.165, 1.54) is 6.42 Å². The lowest BCUT2D eigenvalue weighted by Crippen LogP contribution is -2.30. The molecule has 1 atom stereocenters. The highest BCUT2D eigenvalue weighted by Crippen LogP contribution is 2.20. The lowest BCUT2D eigenvalue weighted by Gasteiger charge is -2.12. The summed E-state index contributed by atoms with van der Waals surface area (Å²) in [6, 6.07) is 6.12. The first-order chi connectivity index (χ1) is 7.25. The van der Waals surface area contributed by atoms with E-state index in [-0.39, 0.29) is 12.4 Å². The van der Waals surface area contributed by atoms with Gasteiger partial charge in [0.15, 0.2) is 0 Å². The normalized spacial score (nSPS) is 19.5. The molecule has 0 unspecified atom stereocenters. The molecule has 1 aromatic rings. The Labute approximate surface area is 112 Å². The maximum atomic E-state index is 6.07. The van der Waals surface area contributed by atoms with Crippen molar-refractivity contribution in [1.82, 2.24) is 10.6 Å². The van der Waals surface area contributed by atoms with E-state index < -0.39 is 0 Å². The van der Waals surface area contributed by atoms with Crippen LogP contribution in [0.1, 0.15) is 12.0 Å². The quantitative estimate of drug-likeness (QED) is 0.890. The molecule has 5 heteroatoms. The smallest absolute Gasteiger partial charge is 0.0451 e. The first-order valence-corrected chi connectivity index (χ1v) is 5.89. The number of hydrogen-bond donors (Lipinski definition) is 2. The van der Waals surface area contributed by atoms with E-state index in [0.29, 0.717) is 6.04 Å². The molecule has 2 nitrogen and oxygen atoms in total. The average Bonchev–Trinajstić information content (AvgIpc) is 2.72. The van der Waals surface area contributed by atoms with Crippen LogP contribution in [0.15, 0.2) is 18.2 Å². The molecule has 0 aliphatic carbocycles. The molecule has 1 saturated heterocycles. The van der Waals surface area contributed by atoms with Crippen molar-refractivity contribution < 1.29 is 0 Å². The summed E-state index contributed by atoms with van der Waals surface area (Å²) in [6.07, 6.45) is 1.18. The second kappa shape index (κ2) is 6.67. The lowest BCUT2D eigenvalue weighted by atomic mass is 10.2. The van der Waals surface area contributed by atoms with Crippen LogP contribution in [0, 0.1) is 0 Å². The summed E-state index contributed by atoms with van der Waals surface area (Å²) in [5.41, 5.74) is 1.07. The van der Waals surface area contributed by atoms with Crippen molar-refractivity contribution in [3.05, 3.63) is 33.8 Å². The fourth-order valence-corrected chi connectivity index (χ4v) is 2.14. The highest BCUT2D eigenvalue weighted by atomic mass is 35.5. The van der Waals surface area contributed by atoms with Gasteiger partial charge in [-0.3, -0.25) is 0 Å². The van der Waals surface area contributed by atoms with Crippen molar-refractivity contribution in [3.8, 4) is 0 Å². The van der Waals surface area contributed by atoms with E-state index >= 15 is 0 Å². The van der Waals surface area contributed by atoms with Crippen LogP contribution in [-0.4, -0.2) is 19.1 Å². The Morgan fingerprint density at radius 1 is 1.38 bits per heavy atom. The summed E-state index contributed by atoms with van der Waals surface area (Å²) in [4.78, 5) is 0. The fraction of sp³-hybridized carbons (Fsp3) is 0.455. The summed E-state index contributed by atoms with van der Waals surface area (Å²) < 4.78 is 0. The molecule has 0 spiro atoms. The third-order valence-electron chi connectivity index (χ3n) is 2.65. The van der Waals surface area contributed by atoms with Gasteiger partial charge in [0.05, 0.1) is 0 Å². The molecule has 2 N–H and O–H groups in total. The van der Waals surface area contributed by atoms with E-state index in [1.54, 1.807) is 0 Å². The van der Waals surface area contributed by atoms with Crippen LogP contribution in [-0.2, 0) is 6.54 Å². The first-order valence-electron chi connectivity index (χ1n) is 5.14. The van der Waals surface area contributed by atoms with Gasteiger partial charge in [-0.1, -0.05) is 23.2 Å². The highest BCUT2D eigenvalue weighted by Gasteiger charge is 2.13. The van der Waals surface area contributed by atoms with E-state index in [9.17, 15) is 0 Å². The average molecular weight is 282 g/mol. The molecule has 1 aliphatic rings. The molecule has 1 aliphatic heterocycles. The van der Waals surface area contributed by atoms with E-state index in [0.717, 1.165) is 35.2 Å². The zero-order valence-electron chi connectivity index (χ0n) is 8.80. The van der Waals surface area contributed by atoms with E-state index in [2.05, 4.69) is 10.6 Å². The Bertz CT molecular complexity index is 338. The number of nitrogens with one attached hydrogen (secondary N) is 2. The van der Waals surface area contributed by atoms with Crippen LogP contribution >= 0.6 is 35.6 Å². The van der Waals surface area contributed by atoms with Gasteiger partial charge in [-0.05, 0) is 36.7 Å². The molecule has 1 fully saturated rings. The SMILES string of the molecule is Cl.Clc1ccc(Cl)c(CN[C@H]2CCNC2)c1. The van der Waals surface area contributed by atoms with Gasteiger partial charge in [-0.2, -0.15) is 0 Å². The predicted octanol–water partition coefficient (Wildman–Crippen LogP) is 2.87. The zero-order valence-corrected chi connectivity index (χ0v) is 11.1. The summed E-state index contributed by atoms with van der Waals surface area (Å²) in [5.74, 6) is 0. The van der Waals surface area contributed by atoms with Crippen molar-refractivity contribution in [2.75, 3.05) is 13.1 Å². The van der Waals surface area contributed by atoms with Crippen LogP contribution in [0.4, 0.5) is 0 Å². The molecule has 0 saturated carbocycles. The van der Waals surface area contributed by atoms with Crippen molar-refractivity contribution >= 4 is 35.6 Å². The Balaban J connectivity index is 0.00000128. The summed E-state index contributed by atoms with van der Waals surface area (Å²) in [7, 11) is 0. The van der Waals surface area contributed by atoms with Crippen molar-refractivity contribution in [2.24, 2.45) is 0 Å². The molecule has 0 bridgehead atoms. The van der Waals surface area contributed by atoms with Gasteiger partial charge in [-0.25, -0.2) is 0 Å². The van der Waals surface area contributed by atoms with Crippen molar-refractivity contribution in [1.29, 1.82) is 0 Å². The van der Waals surface area contributed by atoms with Crippen molar-refractivity contribution in [3.63, 3.8) is 0 Å². The number of benzene rings is 1. The van der Waals surface area contributed by atoms with Crippen LogP contribution in [0.3, 0.4) is 0 Å². The van der Waals surface area contributed by atoms with Crippen LogP contribution in [0.25, 0.3) is 0 Å². The van der Waals surface area contributed by atoms with Crippen LogP contribution in [0.5, 0.6) is 0 Å². The van der Waals surface area contributed by atoms with Gasteiger partial charge in [-0.15, -0.1) is 12.4 Å².